The van der Waals surface area contributed by atoms with Gasteiger partial charge in [-0.3, -0.25) is 4.79 Å². The van der Waals surface area contributed by atoms with Crippen LogP contribution in [0.3, 0.4) is 0 Å². The molecule has 2 aromatic rings. The third kappa shape index (κ3) is 2.61. The number of rotatable bonds is 3. The van der Waals surface area contributed by atoms with Crippen molar-refractivity contribution in [3.8, 4) is 11.8 Å². The van der Waals surface area contributed by atoms with Crippen LogP contribution in [0.25, 0.3) is 11.0 Å². The van der Waals surface area contributed by atoms with Crippen LogP contribution in [-0.2, 0) is 11.3 Å². The third-order valence-electron chi connectivity index (χ3n) is 2.27. The van der Waals surface area contributed by atoms with Gasteiger partial charge in [0.05, 0.1) is 12.1 Å². The fourth-order valence-corrected chi connectivity index (χ4v) is 1.52. The van der Waals surface area contributed by atoms with E-state index in [1.54, 1.807) is 11.6 Å². The molecule has 5 heteroatoms. The quantitative estimate of drug-likeness (QED) is 0.781. The topological polar surface area (TPSA) is 59.8 Å². The Bertz CT molecular complexity index is 591. The molecule has 0 saturated heterocycles. The molecule has 0 bridgehead atoms. The standard InChI is InChI=1S/C12H12N4O/c1-2-5-12(17)13-8-9-16-11-7-4-3-6-10(11)14-15-16/h3-4,6-7H,8-9H2,1H3,(H,13,17). The van der Waals surface area contributed by atoms with Gasteiger partial charge in [-0.15, -0.1) is 5.10 Å². The second-order valence-corrected chi connectivity index (χ2v) is 3.43. The summed E-state index contributed by atoms with van der Waals surface area (Å²) in [6.45, 7) is 2.70. The highest BCUT2D eigenvalue weighted by Crippen LogP contribution is 2.08. The number of benzene rings is 1. The van der Waals surface area contributed by atoms with Gasteiger partial charge in [0.25, 0.3) is 5.91 Å². The third-order valence-corrected chi connectivity index (χ3v) is 2.27. The summed E-state index contributed by atoms with van der Waals surface area (Å²) in [6, 6.07) is 7.70. The first-order valence-electron chi connectivity index (χ1n) is 5.30. The molecule has 0 aliphatic heterocycles. The lowest BCUT2D eigenvalue weighted by Crippen LogP contribution is -2.26. The maximum absolute atomic E-state index is 11.1. The van der Waals surface area contributed by atoms with E-state index in [9.17, 15) is 4.79 Å². The first kappa shape index (κ1) is 11.1. The number of carbonyl (C=O) groups excluding carboxylic acids is 1. The summed E-state index contributed by atoms with van der Waals surface area (Å²) in [4.78, 5) is 11.1. The molecular formula is C12H12N4O. The van der Waals surface area contributed by atoms with Gasteiger partial charge >= 0.3 is 0 Å². The maximum atomic E-state index is 11.1. The van der Waals surface area contributed by atoms with Gasteiger partial charge in [0.1, 0.15) is 5.52 Å². The van der Waals surface area contributed by atoms with Crippen LogP contribution in [0.1, 0.15) is 6.92 Å². The Morgan fingerprint density at radius 2 is 2.29 bits per heavy atom. The van der Waals surface area contributed by atoms with Gasteiger partial charge in [0.2, 0.25) is 0 Å². The average molecular weight is 228 g/mol. The Morgan fingerprint density at radius 3 is 3.12 bits per heavy atom. The smallest absolute Gasteiger partial charge is 0.295 e. The summed E-state index contributed by atoms with van der Waals surface area (Å²) < 4.78 is 1.76. The van der Waals surface area contributed by atoms with Gasteiger partial charge in [0, 0.05) is 6.54 Å². The van der Waals surface area contributed by atoms with E-state index in [2.05, 4.69) is 27.5 Å². The number of nitrogens with one attached hydrogen (secondary N) is 1. The van der Waals surface area contributed by atoms with Crippen molar-refractivity contribution >= 4 is 16.9 Å². The van der Waals surface area contributed by atoms with E-state index < -0.39 is 0 Å². The zero-order valence-corrected chi connectivity index (χ0v) is 9.47. The molecular weight excluding hydrogens is 216 g/mol. The normalized spacial score (nSPS) is 9.71. The monoisotopic (exact) mass is 228 g/mol. The van der Waals surface area contributed by atoms with Crippen molar-refractivity contribution in [3.63, 3.8) is 0 Å². The molecule has 0 radical (unpaired) electrons. The van der Waals surface area contributed by atoms with E-state index >= 15 is 0 Å². The van der Waals surface area contributed by atoms with E-state index in [0.717, 1.165) is 11.0 Å². The molecule has 0 atom stereocenters. The Hall–Kier alpha value is -2.35. The van der Waals surface area contributed by atoms with Crippen LogP contribution >= 0.6 is 0 Å². The minimum atomic E-state index is -0.267. The second kappa shape index (κ2) is 5.12. The van der Waals surface area contributed by atoms with Gasteiger partial charge in [0.15, 0.2) is 0 Å². The Kier molecular flexibility index (Phi) is 3.36. The number of amides is 1. The summed E-state index contributed by atoms with van der Waals surface area (Å²) in [6.07, 6.45) is 0. The van der Waals surface area contributed by atoms with E-state index in [1.807, 2.05) is 24.3 Å². The van der Waals surface area contributed by atoms with Crippen molar-refractivity contribution in [2.24, 2.45) is 0 Å². The summed E-state index contributed by atoms with van der Waals surface area (Å²) in [5.74, 6) is 4.69. The Morgan fingerprint density at radius 1 is 1.47 bits per heavy atom. The van der Waals surface area contributed by atoms with Crippen LogP contribution in [0.15, 0.2) is 24.3 Å². The predicted molar refractivity (Wildman–Crippen MR) is 64.0 cm³/mol. The zero-order valence-electron chi connectivity index (χ0n) is 9.47. The fourth-order valence-electron chi connectivity index (χ4n) is 1.52. The number of hydrogen-bond donors (Lipinski definition) is 1. The van der Waals surface area contributed by atoms with Gasteiger partial charge in [-0.1, -0.05) is 23.3 Å². The molecule has 2 rings (SSSR count). The minimum absolute atomic E-state index is 0.267. The summed E-state index contributed by atoms with van der Waals surface area (Å²) in [5, 5.41) is 10.7. The molecule has 0 aliphatic rings. The highest BCUT2D eigenvalue weighted by atomic mass is 16.1. The molecule has 17 heavy (non-hydrogen) atoms. The molecule has 86 valence electrons. The largest absolute Gasteiger partial charge is 0.343 e. The number of fused-ring (bicyclic) bond motifs is 1. The lowest BCUT2D eigenvalue weighted by Gasteiger charge is -2.02. The molecule has 1 amide bonds. The van der Waals surface area contributed by atoms with E-state index in [1.165, 1.54) is 0 Å². The number of aromatic nitrogens is 3. The molecule has 0 fully saturated rings. The van der Waals surface area contributed by atoms with Crippen LogP contribution in [0.5, 0.6) is 0 Å². The summed E-state index contributed by atoms with van der Waals surface area (Å²) in [5.41, 5.74) is 1.82. The van der Waals surface area contributed by atoms with Gasteiger partial charge in [-0.05, 0) is 25.0 Å². The van der Waals surface area contributed by atoms with Crippen molar-refractivity contribution < 1.29 is 4.79 Å². The molecule has 0 spiro atoms. The second-order valence-electron chi connectivity index (χ2n) is 3.43. The molecule has 0 unspecified atom stereocenters. The van der Waals surface area contributed by atoms with Crippen molar-refractivity contribution in [2.75, 3.05) is 6.54 Å². The minimum Gasteiger partial charge on any atom is -0.343 e. The van der Waals surface area contributed by atoms with Gasteiger partial charge in [-0.2, -0.15) is 0 Å². The molecule has 1 aromatic carbocycles. The number of hydrogen-bond acceptors (Lipinski definition) is 3. The van der Waals surface area contributed by atoms with Crippen LogP contribution in [-0.4, -0.2) is 27.4 Å². The summed E-state index contributed by atoms with van der Waals surface area (Å²) >= 11 is 0. The molecule has 1 N–H and O–H groups in total. The molecule has 5 nitrogen and oxygen atoms in total. The average Bonchev–Trinajstić information content (AvgIpc) is 2.73. The first-order valence-corrected chi connectivity index (χ1v) is 5.30. The van der Waals surface area contributed by atoms with Crippen LogP contribution in [0.4, 0.5) is 0 Å². The van der Waals surface area contributed by atoms with E-state index in [4.69, 9.17) is 0 Å². The summed E-state index contributed by atoms with van der Waals surface area (Å²) in [7, 11) is 0. The SMILES string of the molecule is CC#CC(=O)NCCn1nnc2ccccc21. The predicted octanol–water partition coefficient (Wildman–Crippen LogP) is 0.571. The maximum Gasteiger partial charge on any atom is 0.295 e. The van der Waals surface area contributed by atoms with E-state index in [-0.39, 0.29) is 5.91 Å². The number of para-hydroxylation sites is 1. The van der Waals surface area contributed by atoms with Crippen LogP contribution < -0.4 is 5.32 Å². The van der Waals surface area contributed by atoms with E-state index in [0.29, 0.717) is 13.1 Å². The number of carbonyl (C=O) groups is 1. The molecule has 1 aromatic heterocycles. The Balaban J connectivity index is 1.99. The van der Waals surface area contributed by atoms with Crippen molar-refractivity contribution in [1.29, 1.82) is 0 Å². The Labute approximate surface area is 98.8 Å². The van der Waals surface area contributed by atoms with Crippen LogP contribution in [0, 0.1) is 11.8 Å². The lowest BCUT2D eigenvalue weighted by atomic mass is 10.3. The van der Waals surface area contributed by atoms with Crippen molar-refractivity contribution in [2.45, 2.75) is 13.5 Å². The highest BCUT2D eigenvalue weighted by molar-refractivity contribution is 5.93. The fraction of sp³-hybridized carbons (Fsp3) is 0.250. The zero-order chi connectivity index (χ0) is 12.1. The highest BCUT2D eigenvalue weighted by Gasteiger charge is 2.02. The van der Waals surface area contributed by atoms with Gasteiger partial charge in [-0.25, -0.2) is 4.68 Å². The van der Waals surface area contributed by atoms with Crippen molar-refractivity contribution in [3.05, 3.63) is 24.3 Å². The lowest BCUT2D eigenvalue weighted by molar-refractivity contribution is -0.115. The molecule has 0 aliphatic carbocycles. The van der Waals surface area contributed by atoms with Crippen molar-refractivity contribution in [1.82, 2.24) is 20.3 Å². The molecule has 0 saturated carbocycles. The van der Waals surface area contributed by atoms with Crippen LogP contribution in [0.2, 0.25) is 0 Å². The molecule has 1 heterocycles. The van der Waals surface area contributed by atoms with Gasteiger partial charge < -0.3 is 5.32 Å². The number of nitrogens with zero attached hydrogens (tertiary/aromatic N) is 3. The first-order chi connectivity index (χ1) is 8.31.